The molecule has 0 atom stereocenters. The number of pyridine rings is 1. The van der Waals surface area contributed by atoms with Gasteiger partial charge in [0.2, 0.25) is 9.84 Å². The van der Waals surface area contributed by atoms with E-state index in [9.17, 15) is 8.42 Å². The smallest absolute Gasteiger partial charge is 0.212 e. The summed E-state index contributed by atoms with van der Waals surface area (Å²) in [5.41, 5.74) is 2.50. The Kier molecular flexibility index (Phi) is 3.01. The highest BCUT2D eigenvalue weighted by molar-refractivity contribution is 7.92. The number of rotatable bonds is 1. The van der Waals surface area contributed by atoms with Gasteiger partial charge < -0.3 is 4.74 Å². The van der Waals surface area contributed by atoms with E-state index in [4.69, 9.17) is 4.74 Å². The van der Waals surface area contributed by atoms with Gasteiger partial charge in [-0.3, -0.25) is 4.90 Å². The van der Waals surface area contributed by atoms with E-state index < -0.39 is 9.84 Å². The minimum Gasteiger partial charge on any atom is -0.453 e. The van der Waals surface area contributed by atoms with Crippen molar-refractivity contribution in [1.29, 1.82) is 0 Å². The van der Waals surface area contributed by atoms with Crippen molar-refractivity contribution in [2.45, 2.75) is 29.6 Å². The third-order valence-corrected chi connectivity index (χ3v) is 6.64. The van der Waals surface area contributed by atoms with Crippen LogP contribution in [0.3, 0.4) is 0 Å². The molecule has 0 aliphatic carbocycles. The van der Waals surface area contributed by atoms with E-state index in [-0.39, 0.29) is 9.79 Å². The van der Waals surface area contributed by atoms with E-state index >= 15 is 0 Å². The second-order valence-electron chi connectivity index (χ2n) is 6.75. The number of nitrogens with zero attached hydrogens (tertiary/aromatic N) is 2. The zero-order chi connectivity index (χ0) is 18.1. The summed E-state index contributed by atoms with van der Waals surface area (Å²) in [6.07, 6.45) is 1.61. The molecule has 26 heavy (non-hydrogen) atoms. The molecule has 3 aromatic rings. The lowest BCUT2D eigenvalue weighted by molar-refractivity contribution is 0.473. The van der Waals surface area contributed by atoms with Gasteiger partial charge in [-0.2, -0.15) is 0 Å². The maximum absolute atomic E-state index is 13.1. The number of aromatic nitrogens is 1. The molecule has 0 N–H and O–H groups in total. The predicted molar refractivity (Wildman–Crippen MR) is 98.5 cm³/mol. The van der Waals surface area contributed by atoms with Gasteiger partial charge in [0.15, 0.2) is 17.3 Å². The molecule has 0 unspecified atom stereocenters. The summed E-state index contributed by atoms with van der Waals surface area (Å²) in [6.45, 7) is 4.25. The number of para-hydroxylation sites is 1. The molecule has 0 amide bonds. The van der Waals surface area contributed by atoms with Crippen molar-refractivity contribution in [2.24, 2.45) is 0 Å². The van der Waals surface area contributed by atoms with Crippen LogP contribution in [0.5, 0.6) is 11.5 Å². The Labute approximate surface area is 151 Å². The van der Waals surface area contributed by atoms with Gasteiger partial charge >= 0.3 is 0 Å². The number of benzene rings is 2. The molecule has 1 aromatic heterocycles. The minimum atomic E-state index is -3.65. The van der Waals surface area contributed by atoms with E-state index in [1.165, 1.54) is 0 Å². The molecule has 0 saturated heterocycles. The fourth-order valence-electron chi connectivity index (χ4n) is 3.51. The zero-order valence-electron chi connectivity index (χ0n) is 14.3. The summed E-state index contributed by atoms with van der Waals surface area (Å²) in [5, 5.41) is 0. The van der Waals surface area contributed by atoms with E-state index in [1.807, 2.05) is 17.0 Å². The maximum atomic E-state index is 13.1. The molecule has 0 spiro atoms. The zero-order valence-corrected chi connectivity index (χ0v) is 15.1. The standard InChI is InChI=1S/C20H16N2O3S/c1-12(2)13-8-9-15-14(11-13)22-19-16(25-15)5-3-6-17(19)26(23,24)18-7-4-10-21-20(18)22/h3-12H,1-2H3. The number of hydrogen-bond donors (Lipinski definition) is 0. The minimum absolute atomic E-state index is 0.215. The molecule has 6 heteroatoms. The molecule has 3 heterocycles. The molecule has 5 rings (SSSR count). The van der Waals surface area contributed by atoms with Crippen molar-refractivity contribution in [3.8, 4) is 11.5 Å². The van der Waals surface area contributed by atoms with Crippen LogP contribution in [0.1, 0.15) is 25.3 Å². The highest BCUT2D eigenvalue weighted by Gasteiger charge is 2.41. The van der Waals surface area contributed by atoms with Crippen molar-refractivity contribution < 1.29 is 13.2 Å². The van der Waals surface area contributed by atoms with Gasteiger partial charge in [-0.1, -0.05) is 26.0 Å². The largest absolute Gasteiger partial charge is 0.453 e. The van der Waals surface area contributed by atoms with Gasteiger partial charge in [0.1, 0.15) is 10.6 Å². The first-order valence-electron chi connectivity index (χ1n) is 8.43. The summed E-state index contributed by atoms with van der Waals surface area (Å²) < 4.78 is 32.2. The molecule has 0 bridgehead atoms. The molecule has 0 saturated carbocycles. The van der Waals surface area contributed by atoms with Crippen LogP contribution in [0.2, 0.25) is 0 Å². The lowest BCUT2D eigenvalue weighted by Gasteiger charge is -2.37. The third kappa shape index (κ3) is 1.90. The average molecular weight is 364 g/mol. The Bertz CT molecular complexity index is 1170. The second kappa shape index (κ2) is 5.08. The number of hydrogen-bond acceptors (Lipinski definition) is 5. The third-order valence-electron chi connectivity index (χ3n) is 4.84. The average Bonchev–Trinajstić information content (AvgIpc) is 2.64. The van der Waals surface area contributed by atoms with Crippen LogP contribution in [0, 0.1) is 0 Å². The highest BCUT2D eigenvalue weighted by Crippen LogP contribution is 2.57. The lowest BCUT2D eigenvalue weighted by atomic mass is 10.0. The molecular weight excluding hydrogens is 348 g/mol. The number of fused-ring (bicyclic) bond motifs is 4. The monoisotopic (exact) mass is 364 g/mol. The molecule has 0 radical (unpaired) electrons. The van der Waals surface area contributed by atoms with Gasteiger partial charge in [0.25, 0.3) is 0 Å². The van der Waals surface area contributed by atoms with Crippen LogP contribution in [-0.4, -0.2) is 13.4 Å². The Morgan fingerprint density at radius 2 is 1.81 bits per heavy atom. The molecule has 2 aliphatic heterocycles. The van der Waals surface area contributed by atoms with Crippen molar-refractivity contribution in [3.05, 3.63) is 60.3 Å². The highest BCUT2D eigenvalue weighted by atomic mass is 32.2. The van der Waals surface area contributed by atoms with Gasteiger partial charge in [-0.05, 0) is 47.9 Å². The lowest BCUT2D eigenvalue weighted by Crippen LogP contribution is -2.26. The number of ether oxygens (including phenoxy) is 1. The van der Waals surface area contributed by atoms with Crippen LogP contribution in [0.4, 0.5) is 17.2 Å². The van der Waals surface area contributed by atoms with Crippen molar-refractivity contribution >= 4 is 27.0 Å². The topological polar surface area (TPSA) is 59.5 Å². The summed E-state index contributed by atoms with van der Waals surface area (Å²) in [7, 11) is -3.65. The van der Waals surface area contributed by atoms with E-state index in [0.29, 0.717) is 28.9 Å². The fraction of sp³-hybridized carbons (Fsp3) is 0.150. The van der Waals surface area contributed by atoms with Crippen molar-refractivity contribution in [3.63, 3.8) is 0 Å². The maximum Gasteiger partial charge on any atom is 0.212 e. The molecular formula is C20H16N2O3S. The molecule has 0 fully saturated rings. The SMILES string of the molecule is CC(C)c1ccc2c(c1)N1c3ncccc3S(=O)(=O)c3cccc(c31)O2. The first-order valence-corrected chi connectivity index (χ1v) is 9.92. The van der Waals surface area contributed by atoms with E-state index in [1.54, 1.807) is 36.5 Å². The van der Waals surface area contributed by atoms with Crippen LogP contribution in [0.25, 0.3) is 0 Å². The summed E-state index contributed by atoms with van der Waals surface area (Å²) in [4.78, 5) is 6.78. The fourth-order valence-corrected chi connectivity index (χ4v) is 5.10. The first kappa shape index (κ1) is 15.4. The molecule has 5 nitrogen and oxygen atoms in total. The van der Waals surface area contributed by atoms with Crippen molar-refractivity contribution in [1.82, 2.24) is 4.98 Å². The van der Waals surface area contributed by atoms with Gasteiger partial charge in [0, 0.05) is 6.20 Å². The Morgan fingerprint density at radius 1 is 1.00 bits per heavy atom. The quantitative estimate of drug-likeness (QED) is 0.422. The first-order chi connectivity index (χ1) is 12.5. The Balaban J connectivity index is 1.89. The number of anilines is 3. The Morgan fingerprint density at radius 3 is 2.62 bits per heavy atom. The van der Waals surface area contributed by atoms with Crippen molar-refractivity contribution in [2.75, 3.05) is 4.90 Å². The molecule has 2 aromatic carbocycles. The van der Waals surface area contributed by atoms with Crippen LogP contribution in [0.15, 0.2) is 64.5 Å². The van der Waals surface area contributed by atoms with E-state index in [2.05, 4.69) is 24.9 Å². The number of sulfone groups is 1. The molecule has 2 aliphatic rings. The van der Waals surface area contributed by atoms with Gasteiger partial charge in [-0.25, -0.2) is 13.4 Å². The Hall–Kier alpha value is -2.86. The summed E-state index contributed by atoms with van der Waals surface area (Å²) in [5.74, 6) is 1.97. The normalized spacial score (nSPS) is 15.7. The molecule has 130 valence electrons. The predicted octanol–water partition coefficient (Wildman–Crippen LogP) is 4.93. The van der Waals surface area contributed by atoms with Crippen LogP contribution < -0.4 is 9.64 Å². The van der Waals surface area contributed by atoms with Crippen LogP contribution >= 0.6 is 0 Å². The van der Waals surface area contributed by atoms with Gasteiger partial charge in [0.05, 0.1) is 10.6 Å². The van der Waals surface area contributed by atoms with E-state index in [0.717, 1.165) is 11.3 Å². The summed E-state index contributed by atoms with van der Waals surface area (Å²) in [6, 6.07) is 14.4. The van der Waals surface area contributed by atoms with Crippen LogP contribution in [-0.2, 0) is 9.84 Å². The van der Waals surface area contributed by atoms with Gasteiger partial charge in [-0.15, -0.1) is 0 Å². The summed E-state index contributed by atoms with van der Waals surface area (Å²) >= 11 is 0. The second-order valence-corrected chi connectivity index (χ2v) is 8.64.